The van der Waals surface area contributed by atoms with Gasteiger partial charge in [0.15, 0.2) is 0 Å². The van der Waals surface area contributed by atoms with Gasteiger partial charge in [-0.3, -0.25) is 9.11 Å². The summed E-state index contributed by atoms with van der Waals surface area (Å²) in [5, 5.41) is 19.0. The molecule has 0 bridgehead atoms. The molecule has 0 spiro atoms. The zero-order valence-corrected chi connectivity index (χ0v) is 20.4. The van der Waals surface area contributed by atoms with E-state index in [9.17, 15) is 27.0 Å². The van der Waals surface area contributed by atoms with E-state index in [4.69, 9.17) is 9.11 Å². The van der Waals surface area contributed by atoms with Crippen LogP contribution in [0.2, 0.25) is 0 Å². The Bertz CT molecular complexity index is 896. The summed E-state index contributed by atoms with van der Waals surface area (Å²) < 4.78 is 58.5. The van der Waals surface area contributed by atoms with Crippen molar-refractivity contribution in [2.75, 3.05) is 0 Å². The molecule has 0 aliphatic rings. The quantitative estimate of drug-likeness (QED) is 0.428. The van der Waals surface area contributed by atoms with Gasteiger partial charge < -0.3 is 10.2 Å². The summed E-state index contributed by atoms with van der Waals surface area (Å²) >= 11 is 0. The standard InChI is InChI=1S/C10H22O2.2C6H6O3S/c1-5-6-7-10(4,8(2)11)9(3)12;2*7-10(8,9)6-4-2-1-3-5-6/h8-9,11-12H,5-7H2,1-4H3;2*1-5H,(H,7,8,9). The van der Waals surface area contributed by atoms with Crippen LogP contribution in [0.5, 0.6) is 0 Å². The lowest BCUT2D eigenvalue weighted by atomic mass is 9.76. The highest BCUT2D eigenvalue weighted by atomic mass is 32.2. The maximum atomic E-state index is 10.4. The third kappa shape index (κ3) is 11.2. The molecule has 0 aliphatic carbocycles. The summed E-state index contributed by atoms with van der Waals surface area (Å²) in [7, 11) is -8.01. The van der Waals surface area contributed by atoms with Gasteiger partial charge in [-0.05, 0) is 44.5 Å². The molecule has 4 N–H and O–H groups in total. The van der Waals surface area contributed by atoms with Crippen molar-refractivity contribution in [3.05, 3.63) is 60.7 Å². The molecule has 2 aromatic rings. The van der Waals surface area contributed by atoms with Crippen LogP contribution in [0.4, 0.5) is 0 Å². The van der Waals surface area contributed by atoms with Crippen LogP contribution in [0.25, 0.3) is 0 Å². The first-order chi connectivity index (χ1) is 14.7. The lowest BCUT2D eigenvalue weighted by molar-refractivity contribution is -0.0481. The molecule has 182 valence electrons. The molecule has 0 saturated heterocycles. The van der Waals surface area contributed by atoms with Crippen LogP contribution in [0, 0.1) is 5.41 Å². The van der Waals surface area contributed by atoms with Crippen molar-refractivity contribution in [3.63, 3.8) is 0 Å². The zero-order valence-electron chi connectivity index (χ0n) is 18.8. The third-order valence-corrected chi connectivity index (χ3v) is 6.80. The molecular weight excluding hydrogens is 456 g/mol. The van der Waals surface area contributed by atoms with Crippen molar-refractivity contribution >= 4 is 20.2 Å². The van der Waals surface area contributed by atoms with E-state index in [-0.39, 0.29) is 15.2 Å². The Kier molecular flexibility index (Phi) is 12.9. The first kappa shape index (κ1) is 30.2. The monoisotopic (exact) mass is 490 g/mol. The lowest BCUT2D eigenvalue weighted by Crippen LogP contribution is -2.39. The Labute approximate surface area is 191 Å². The highest BCUT2D eigenvalue weighted by Gasteiger charge is 2.34. The number of rotatable bonds is 7. The van der Waals surface area contributed by atoms with E-state index in [1.54, 1.807) is 50.2 Å². The molecule has 2 atom stereocenters. The predicted molar refractivity (Wildman–Crippen MR) is 124 cm³/mol. The Morgan fingerprint density at radius 2 is 1.06 bits per heavy atom. The van der Waals surface area contributed by atoms with Gasteiger partial charge in [0.2, 0.25) is 0 Å². The minimum absolute atomic E-state index is 0.0741. The Morgan fingerprint density at radius 3 is 1.25 bits per heavy atom. The number of unbranched alkanes of at least 4 members (excludes halogenated alkanes) is 1. The molecule has 0 heterocycles. The SMILES string of the molecule is CCCCC(C)(C(C)O)C(C)O.O=S(=O)(O)c1ccccc1.O=S(=O)(O)c1ccccc1. The van der Waals surface area contributed by atoms with Gasteiger partial charge in [-0.1, -0.05) is 63.1 Å². The number of hydrogen-bond acceptors (Lipinski definition) is 6. The molecule has 0 aromatic heterocycles. The van der Waals surface area contributed by atoms with E-state index in [1.165, 1.54) is 24.3 Å². The van der Waals surface area contributed by atoms with Gasteiger partial charge in [0.1, 0.15) is 0 Å². The second-order valence-electron chi connectivity index (χ2n) is 7.54. The molecule has 10 heteroatoms. The minimum Gasteiger partial charge on any atom is -0.393 e. The van der Waals surface area contributed by atoms with Gasteiger partial charge in [0, 0.05) is 5.41 Å². The van der Waals surface area contributed by atoms with Crippen LogP contribution in [-0.4, -0.2) is 48.4 Å². The van der Waals surface area contributed by atoms with Crippen LogP contribution in [-0.2, 0) is 20.2 Å². The van der Waals surface area contributed by atoms with Crippen molar-refractivity contribution in [2.45, 2.75) is 69.0 Å². The summed E-state index contributed by atoms with van der Waals surface area (Å²) in [6.07, 6.45) is 2.17. The minimum atomic E-state index is -4.00. The van der Waals surface area contributed by atoms with Crippen LogP contribution in [0.1, 0.15) is 47.0 Å². The fraction of sp³-hybridized carbons (Fsp3) is 0.455. The summed E-state index contributed by atoms with van der Waals surface area (Å²) in [6.45, 7) is 7.56. The largest absolute Gasteiger partial charge is 0.393 e. The van der Waals surface area contributed by atoms with Gasteiger partial charge in [-0.2, -0.15) is 16.8 Å². The van der Waals surface area contributed by atoms with Crippen LogP contribution in [0.15, 0.2) is 70.5 Å². The van der Waals surface area contributed by atoms with Gasteiger partial charge in [0.05, 0.1) is 22.0 Å². The second kappa shape index (κ2) is 13.7. The summed E-state index contributed by atoms with van der Waals surface area (Å²) in [4.78, 5) is -0.148. The van der Waals surface area contributed by atoms with Crippen molar-refractivity contribution in [1.29, 1.82) is 0 Å². The third-order valence-electron chi connectivity index (χ3n) is 5.06. The summed E-state index contributed by atoms with van der Waals surface area (Å²) in [5.41, 5.74) is -0.337. The maximum Gasteiger partial charge on any atom is 0.294 e. The number of benzene rings is 2. The molecule has 2 unspecified atom stereocenters. The maximum absolute atomic E-state index is 10.4. The van der Waals surface area contributed by atoms with Crippen molar-refractivity contribution in [2.24, 2.45) is 5.41 Å². The zero-order chi connectivity index (χ0) is 25.0. The highest BCUT2D eigenvalue weighted by molar-refractivity contribution is 7.86. The normalized spacial score (nSPS) is 15.1. The van der Waals surface area contributed by atoms with Gasteiger partial charge in [-0.15, -0.1) is 0 Å². The predicted octanol–water partition coefficient (Wildman–Crippen LogP) is 3.81. The fourth-order valence-corrected chi connectivity index (χ4v) is 3.51. The van der Waals surface area contributed by atoms with Gasteiger partial charge >= 0.3 is 0 Å². The number of hydrogen-bond donors (Lipinski definition) is 4. The summed E-state index contributed by atoms with van der Waals surface area (Å²) in [6, 6.07) is 14.8. The van der Waals surface area contributed by atoms with E-state index >= 15 is 0 Å². The molecule has 0 aliphatic heterocycles. The smallest absolute Gasteiger partial charge is 0.294 e. The summed E-state index contributed by atoms with van der Waals surface area (Å²) in [5.74, 6) is 0. The average Bonchev–Trinajstić information content (AvgIpc) is 2.72. The molecular formula is C22H34O8S2. The lowest BCUT2D eigenvalue weighted by Gasteiger charge is -2.35. The molecule has 0 amide bonds. The highest BCUT2D eigenvalue weighted by Crippen LogP contribution is 2.32. The van der Waals surface area contributed by atoms with Crippen LogP contribution < -0.4 is 0 Å². The van der Waals surface area contributed by atoms with Crippen molar-refractivity contribution in [3.8, 4) is 0 Å². The van der Waals surface area contributed by atoms with Crippen molar-refractivity contribution in [1.82, 2.24) is 0 Å². The van der Waals surface area contributed by atoms with Gasteiger partial charge in [0.25, 0.3) is 20.2 Å². The Hall–Kier alpha value is -1.82. The van der Waals surface area contributed by atoms with Crippen LogP contribution in [0.3, 0.4) is 0 Å². The second-order valence-corrected chi connectivity index (χ2v) is 10.4. The molecule has 0 radical (unpaired) electrons. The number of aliphatic hydroxyl groups excluding tert-OH is 2. The van der Waals surface area contributed by atoms with E-state index < -0.39 is 32.4 Å². The van der Waals surface area contributed by atoms with E-state index in [0.29, 0.717) is 0 Å². The molecule has 32 heavy (non-hydrogen) atoms. The fourth-order valence-electron chi connectivity index (χ4n) is 2.51. The van der Waals surface area contributed by atoms with E-state index in [2.05, 4.69) is 6.92 Å². The van der Waals surface area contributed by atoms with E-state index in [0.717, 1.165) is 19.3 Å². The topological polar surface area (TPSA) is 149 Å². The first-order valence-electron chi connectivity index (χ1n) is 10.1. The molecule has 0 saturated carbocycles. The Morgan fingerprint density at radius 1 is 0.750 bits per heavy atom. The van der Waals surface area contributed by atoms with Gasteiger partial charge in [-0.25, -0.2) is 0 Å². The first-order valence-corrected chi connectivity index (χ1v) is 13.0. The van der Waals surface area contributed by atoms with Crippen molar-refractivity contribution < 1.29 is 36.2 Å². The molecule has 2 aromatic carbocycles. The van der Waals surface area contributed by atoms with E-state index in [1.807, 2.05) is 6.92 Å². The Balaban J connectivity index is 0.000000452. The number of aliphatic hydroxyl groups is 2. The molecule has 0 fully saturated rings. The van der Waals surface area contributed by atoms with Crippen LogP contribution >= 0.6 is 0 Å². The molecule has 2 rings (SSSR count). The molecule has 8 nitrogen and oxygen atoms in total. The average molecular weight is 491 g/mol.